The van der Waals surface area contributed by atoms with Crippen molar-refractivity contribution in [3.05, 3.63) is 12.7 Å². The van der Waals surface area contributed by atoms with Gasteiger partial charge >= 0.3 is 5.97 Å². The molecule has 1 rings (SSSR count). The van der Waals surface area contributed by atoms with Crippen LogP contribution >= 0.6 is 0 Å². The molecular formula is C12H20O3. The average molecular weight is 212 g/mol. The Kier molecular flexibility index (Phi) is 3.55. The van der Waals surface area contributed by atoms with Gasteiger partial charge in [-0.2, -0.15) is 0 Å². The molecule has 15 heavy (non-hydrogen) atoms. The molecule has 1 N–H and O–H groups in total. The standard InChI is InChI=1S/C12H20O3/c1-4-10(13)15-12(5-2)8-6-11(3,14)7-9-12/h4,14H,1,5-9H2,2-3H3. The van der Waals surface area contributed by atoms with E-state index in [9.17, 15) is 9.90 Å². The minimum absolute atomic E-state index is 0.363. The minimum atomic E-state index is -0.598. The predicted octanol–water partition coefficient (Wildman–Crippen LogP) is 2.19. The third-order valence-corrected chi connectivity index (χ3v) is 3.37. The lowest BCUT2D eigenvalue weighted by Gasteiger charge is -2.41. The second-order valence-electron chi connectivity index (χ2n) is 4.66. The first-order chi connectivity index (χ1) is 6.93. The van der Waals surface area contributed by atoms with Gasteiger partial charge < -0.3 is 9.84 Å². The maximum atomic E-state index is 11.2. The normalized spacial score (nSPS) is 35.9. The Morgan fingerprint density at radius 3 is 2.40 bits per heavy atom. The third kappa shape index (κ3) is 3.06. The van der Waals surface area contributed by atoms with Crippen LogP contribution in [0.3, 0.4) is 0 Å². The molecular weight excluding hydrogens is 192 g/mol. The number of aliphatic hydroxyl groups is 1. The molecule has 0 atom stereocenters. The van der Waals surface area contributed by atoms with Gasteiger partial charge in [-0.25, -0.2) is 4.79 Å². The molecule has 0 radical (unpaired) electrons. The summed E-state index contributed by atoms with van der Waals surface area (Å²) in [5.41, 5.74) is -0.979. The summed E-state index contributed by atoms with van der Waals surface area (Å²) >= 11 is 0. The minimum Gasteiger partial charge on any atom is -0.456 e. The summed E-state index contributed by atoms with van der Waals surface area (Å²) in [7, 11) is 0. The number of ether oxygens (including phenoxy) is 1. The highest BCUT2D eigenvalue weighted by molar-refractivity contribution is 5.81. The molecule has 0 saturated heterocycles. The van der Waals surface area contributed by atoms with Crippen LogP contribution in [0.15, 0.2) is 12.7 Å². The van der Waals surface area contributed by atoms with E-state index in [-0.39, 0.29) is 11.6 Å². The quantitative estimate of drug-likeness (QED) is 0.576. The number of esters is 1. The molecule has 0 amide bonds. The summed E-state index contributed by atoms with van der Waals surface area (Å²) in [5, 5.41) is 9.83. The third-order valence-electron chi connectivity index (χ3n) is 3.37. The van der Waals surface area contributed by atoms with Gasteiger partial charge in [0.25, 0.3) is 0 Å². The van der Waals surface area contributed by atoms with E-state index in [1.807, 2.05) is 13.8 Å². The summed E-state index contributed by atoms with van der Waals surface area (Å²) in [4.78, 5) is 11.2. The first-order valence-corrected chi connectivity index (χ1v) is 5.51. The molecule has 86 valence electrons. The summed E-state index contributed by atoms with van der Waals surface area (Å²) in [6.07, 6.45) is 4.83. The van der Waals surface area contributed by atoms with E-state index in [1.165, 1.54) is 6.08 Å². The van der Waals surface area contributed by atoms with Crippen molar-refractivity contribution >= 4 is 5.97 Å². The summed E-state index contributed by atoms with van der Waals surface area (Å²) in [6.45, 7) is 7.24. The summed E-state index contributed by atoms with van der Waals surface area (Å²) in [6, 6.07) is 0. The Bertz CT molecular complexity index is 246. The highest BCUT2D eigenvalue weighted by atomic mass is 16.6. The molecule has 3 heteroatoms. The van der Waals surface area contributed by atoms with Crippen LogP contribution in [0.25, 0.3) is 0 Å². The van der Waals surface area contributed by atoms with E-state index in [1.54, 1.807) is 0 Å². The molecule has 1 fully saturated rings. The van der Waals surface area contributed by atoms with Crippen molar-refractivity contribution in [2.24, 2.45) is 0 Å². The van der Waals surface area contributed by atoms with E-state index in [2.05, 4.69) is 6.58 Å². The van der Waals surface area contributed by atoms with Gasteiger partial charge in [0, 0.05) is 6.08 Å². The Labute approximate surface area is 91.1 Å². The van der Waals surface area contributed by atoms with Crippen LogP contribution in [-0.4, -0.2) is 22.3 Å². The van der Waals surface area contributed by atoms with Gasteiger partial charge in [0.15, 0.2) is 0 Å². The first-order valence-electron chi connectivity index (χ1n) is 5.51. The topological polar surface area (TPSA) is 46.5 Å². The monoisotopic (exact) mass is 212 g/mol. The average Bonchev–Trinajstić information content (AvgIpc) is 2.22. The molecule has 0 aliphatic heterocycles. The predicted molar refractivity (Wildman–Crippen MR) is 58.4 cm³/mol. The van der Waals surface area contributed by atoms with Crippen LogP contribution in [0, 0.1) is 0 Å². The smallest absolute Gasteiger partial charge is 0.330 e. The molecule has 0 spiro atoms. The molecule has 1 aliphatic carbocycles. The summed E-state index contributed by atoms with van der Waals surface area (Å²) < 4.78 is 5.40. The van der Waals surface area contributed by atoms with Crippen LogP contribution in [-0.2, 0) is 9.53 Å². The second-order valence-corrected chi connectivity index (χ2v) is 4.66. The molecule has 0 heterocycles. The number of carbonyl (C=O) groups is 1. The molecule has 0 aromatic rings. The van der Waals surface area contributed by atoms with E-state index < -0.39 is 5.60 Å². The van der Waals surface area contributed by atoms with Gasteiger partial charge in [-0.15, -0.1) is 0 Å². The number of rotatable bonds is 3. The highest BCUT2D eigenvalue weighted by Gasteiger charge is 2.40. The highest BCUT2D eigenvalue weighted by Crippen LogP contribution is 2.39. The lowest BCUT2D eigenvalue weighted by Crippen LogP contribution is -2.43. The maximum Gasteiger partial charge on any atom is 0.330 e. The maximum absolute atomic E-state index is 11.2. The molecule has 1 aliphatic rings. The molecule has 0 aromatic carbocycles. The molecule has 0 unspecified atom stereocenters. The van der Waals surface area contributed by atoms with Crippen LogP contribution < -0.4 is 0 Å². The first kappa shape index (κ1) is 12.2. The van der Waals surface area contributed by atoms with E-state index in [0.29, 0.717) is 12.8 Å². The zero-order valence-corrected chi connectivity index (χ0v) is 9.58. The molecule has 1 saturated carbocycles. The largest absolute Gasteiger partial charge is 0.456 e. The zero-order chi connectivity index (χ0) is 11.5. The van der Waals surface area contributed by atoms with Crippen LogP contribution in [0.2, 0.25) is 0 Å². The van der Waals surface area contributed by atoms with Gasteiger partial charge in [-0.3, -0.25) is 0 Å². The van der Waals surface area contributed by atoms with Crippen LogP contribution in [0.4, 0.5) is 0 Å². The zero-order valence-electron chi connectivity index (χ0n) is 9.58. The van der Waals surface area contributed by atoms with Crippen LogP contribution in [0.1, 0.15) is 46.0 Å². The van der Waals surface area contributed by atoms with Gasteiger partial charge in [-0.1, -0.05) is 13.5 Å². The fourth-order valence-electron chi connectivity index (χ4n) is 2.03. The lowest BCUT2D eigenvalue weighted by atomic mass is 9.75. The molecule has 3 nitrogen and oxygen atoms in total. The Hall–Kier alpha value is -0.830. The molecule has 0 bridgehead atoms. The molecule has 0 aromatic heterocycles. The van der Waals surface area contributed by atoms with Crippen LogP contribution in [0.5, 0.6) is 0 Å². The van der Waals surface area contributed by atoms with E-state index >= 15 is 0 Å². The second kappa shape index (κ2) is 4.35. The Balaban J connectivity index is 2.64. The van der Waals surface area contributed by atoms with Crippen molar-refractivity contribution in [3.63, 3.8) is 0 Å². The van der Waals surface area contributed by atoms with Gasteiger partial charge in [0.2, 0.25) is 0 Å². The Morgan fingerprint density at radius 2 is 2.00 bits per heavy atom. The van der Waals surface area contributed by atoms with E-state index in [4.69, 9.17) is 4.74 Å². The summed E-state index contributed by atoms with van der Waals surface area (Å²) in [5.74, 6) is -0.363. The number of carbonyl (C=O) groups excluding carboxylic acids is 1. The van der Waals surface area contributed by atoms with Crippen molar-refractivity contribution in [2.45, 2.75) is 57.2 Å². The van der Waals surface area contributed by atoms with Crippen molar-refractivity contribution in [1.29, 1.82) is 0 Å². The van der Waals surface area contributed by atoms with Crippen molar-refractivity contribution in [1.82, 2.24) is 0 Å². The lowest BCUT2D eigenvalue weighted by molar-refractivity contribution is -0.163. The van der Waals surface area contributed by atoms with Gasteiger partial charge in [-0.05, 0) is 39.0 Å². The van der Waals surface area contributed by atoms with Crippen molar-refractivity contribution in [2.75, 3.05) is 0 Å². The van der Waals surface area contributed by atoms with E-state index in [0.717, 1.165) is 19.3 Å². The van der Waals surface area contributed by atoms with Gasteiger partial charge in [0.1, 0.15) is 5.60 Å². The Morgan fingerprint density at radius 1 is 1.47 bits per heavy atom. The van der Waals surface area contributed by atoms with Gasteiger partial charge in [0.05, 0.1) is 5.60 Å². The SMILES string of the molecule is C=CC(=O)OC1(CC)CCC(C)(O)CC1. The van der Waals surface area contributed by atoms with Crippen molar-refractivity contribution in [3.8, 4) is 0 Å². The fraction of sp³-hybridized carbons (Fsp3) is 0.750. The number of hydrogen-bond acceptors (Lipinski definition) is 3. The number of hydrogen-bond donors (Lipinski definition) is 1. The van der Waals surface area contributed by atoms with Crippen molar-refractivity contribution < 1.29 is 14.6 Å². The fourth-order valence-corrected chi connectivity index (χ4v) is 2.03.